The summed E-state index contributed by atoms with van der Waals surface area (Å²) in [6.45, 7) is 0.256. The summed E-state index contributed by atoms with van der Waals surface area (Å²) in [5.41, 5.74) is 0.594. The normalized spacial score (nSPS) is 14.5. The van der Waals surface area contributed by atoms with Gasteiger partial charge in [0.1, 0.15) is 23.1 Å². The highest BCUT2D eigenvalue weighted by Crippen LogP contribution is 2.40. The number of H-pyrrole nitrogens is 1. The minimum Gasteiger partial charge on any atom is -0.495 e. The van der Waals surface area contributed by atoms with E-state index in [1.54, 1.807) is 12.1 Å². The van der Waals surface area contributed by atoms with Crippen LogP contribution in [0.25, 0.3) is 0 Å². The molecule has 3 N–H and O–H groups in total. The zero-order valence-corrected chi connectivity index (χ0v) is 17.8. The van der Waals surface area contributed by atoms with Crippen LogP contribution in [0.1, 0.15) is 37.7 Å². The van der Waals surface area contributed by atoms with Crippen molar-refractivity contribution in [3.8, 4) is 11.5 Å². The molecule has 1 aromatic heterocycles. The number of nitrogens with zero attached hydrogens (tertiary/aromatic N) is 2. The molecule has 0 spiro atoms. The quantitative estimate of drug-likeness (QED) is 0.547. The number of aromatic amines is 1. The number of carbonyl (C=O) groups is 1. The number of benzene rings is 1. The zero-order chi connectivity index (χ0) is 21.0. The molecule has 1 amide bonds. The molecule has 1 aliphatic carbocycles. The van der Waals surface area contributed by atoms with E-state index in [0.717, 1.165) is 32.1 Å². The van der Waals surface area contributed by atoms with Gasteiger partial charge in [0.2, 0.25) is 0 Å². The van der Waals surface area contributed by atoms with Crippen LogP contribution in [0.2, 0.25) is 10.0 Å². The number of ether oxygens (including phenoxy) is 2. The van der Waals surface area contributed by atoms with E-state index in [4.69, 9.17) is 32.7 Å². The van der Waals surface area contributed by atoms with Crippen LogP contribution in [-0.4, -0.2) is 41.7 Å². The van der Waals surface area contributed by atoms with Crippen molar-refractivity contribution in [3.63, 3.8) is 0 Å². The van der Waals surface area contributed by atoms with Crippen molar-refractivity contribution in [2.45, 2.75) is 44.7 Å². The first kappa shape index (κ1) is 21.4. The Morgan fingerprint density at radius 1 is 1.21 bits per heavy atom. The van der Waals surface area contributed by atoms with Gasteiger partial charge >= 0.3 is 6.09 Å². The predicted octanol–water partition coefficient (Wildman–Crippen LogP) is 5.16. The van der Waals surface area contributed by atoms with E-state index in [0.29, 0.717) is 38.7 Å². The van der Waals surface area contributed by atoms with Gasteiger partial charge in [-0.2, -0.15) is 5.10 Å². The summed E-state index contributed by atoms with van der Waals surface area (Å²) in [5, 5.41) is 20.5. The molecular formula is C19H24Cl2N4O4. The molecule has 1 saturated carbocycles. The smallest absolute Gasteiger partial charge is 0.413 e. The lowest BCUT2D eigenvalue weighted by Gasteiger charge is -2.30. The highest BCUT2D eigenvalue weighted by Gasteiger charge is 2.28. The van der Waals surface area contributed by atoms with Crippen LogP contribution in [0, 0.1) is 0 Å². The Labute approximate surface area is 179 Å². The first-order chi connectivity index (χ1) is 14.0. The Hall–Kier alpha value is -2.32. The fourth-order valence-electron chi connectivity index (χ4n) is 3.59. The molecular weight excluding hydrogens is 419 g/mol. The van der Waals surface area contributed by atoms with Crippen molar-refractivity contribution in [1.82, 2.24) is 10.2 Å². The zero-order valence-electron chi connectivity index (χ0n) is 16.3. The van der Waals surface area contributed by atoms with E-state index >= 15 is 0 Å². The summed E-state index contributed by atoms with van der Waals surface area (Å²) in [6.07, 6.45) is 3.91. The van der Waals surface area contributed by atoms with E-state index in [2.05, 4.69) is 15.5 Å². The monoisotopic (exact) mass is 442 g/mol. The highest BCUT2D eigenvalue weighted by molar-refractivity contribution is 6.37. The van der Waals surface area contributed by atoms with Gasteiger partial charge in [0.25, 0.3) is 0 Å². The van der Waals surface area contributed by atoms with Crippen molar-refractivity contribution in [2.24, 2.45) is 0 Å². The third-order valence-electron chi connectivity index (χ3n) is 5.08. The van der Waals surface area contributed by atoms with Gasteiger partial charge in [-0.1, -0.05) is 42.5 Å². The molecule has 29 heavy (non-hydrogen) atoms. The lowest BCUT2D eigenvalue weighted by atomic mass is 9.94. The predicted molar refractivity (Wildman–Crippen MR) is 113 cm³/mol. The molecule has 0 radical (unpaired) electrons. The van der Waals surface area contributed by atoms with E-state index in [-0.39, 0.29) is 12.6 Å². The Kier molecular flexibility index (Phi) is 6.97. The number of amides is 1. The van der Waals surface area contributed by atoms with Gasteiger partial charge in [-0.3, -0.25) is 10.00 Å². The molecule has 10 heteroatoms. The maximum atomic E-state index is 11.8. The third kappa shape index (κ3) is 4.64. The van der Waals surface area contributed by atoms with Crippen molar-refractivity contribution >= 4 is 40.9 Å². The standard InChI is InChI=1S/C19H24Cl2N4O4/c1-28-13-8-14(29-2)18(21)12(17(13)20)10-22-15-9-16(24-23-15)25(19(26)27)11-6-4-3-5-7-11/h8-9,11H,3-7,10H2,1-2H3,(H,26,27)(H2,22,23,24). The van der Waals surface area contributed by atoms with Crippen LogP contribution in [0.15, 0.2) is 12.1 Å². The van der Waals surface area contributed by atoms with Crippen LogP contribution in [-0.2, 0) is 6.54 Å². The lowest BCUT2D eigenvalue weighted by molar-refractivity contribution is 0.196. The first-order valence-corrected chi connectivity index (χ1v) is 10.1. The molecule has 1 aliphatic rings. The molecule has 8 nitrogen and oxygen atoms in total. The van der Waals surface area contributed by atoms with Crippen LogP contribution >= 0.6 is 23.2 Å². The van der Waals surface area contributed by atoms with Crippen LogP contribution < -0.4 is 19.7 Å². The second kappa shape index (κ2) is 9.45. The maximum Gasteiger partial charge on any atom is 0.413 e. The third-order valence-corrected chi connectivity index (χ3v) is 5.91. The van der Waals surface area contributed by atoms with Gasteiger partial charge in [-0.25, -0.2) is 4.79 Å². The SMILES string of the molecule is COc1cc(OC)c(Cl)c(CNc2cc(N(C(=O)O)C3CCCCC3)[nH]n2)c1Cl. The van der Waals surface area contributed by atoms with E-state index in [1.165, 1.54) is 19.1 Å². The van der Waals surface area contributed by atoms with Crippen LogP contribution in [0.5, 0.6) is 11.5 Å². The molecule has 3 rings (SSSR count). The number of methoxy groups -OCH3 is 2. The molecule has 0 atom stereocenters. The number of nitrogens with one attached hydrogen (secondary N) is 2. The Balaban J connectivity index is 1.78. The molecule has 0 bridgehead atoms. The van der Waals surface area contributed by atoms with Gasteiger partial charge in [0, 0.05) is 30.3 Å². The number of aromatic nitrogens is 2. The molecule has 0 unspecified atom stereocenters. The minimum absolute atomic E-state index is 0.0407. The van der Waals surface area contributed by atoms with E-state index < -0.39 is 6.09 Å². The van der Waals surface area contributed by atoms with E-state index in [9.17, 15) is 9.90 Å². The number of anilines is 2. The lowest BCUT2D eigenvalue weighted by Crippen LogP contribution is -2.41. The van der Waals surface area contributed by atoms with Gasteiger partial charge in [0.05, 0.1) is 24.3 Å². The largest absolute Gasteiger partial charge is 0.495 e. The number of hydrogen-bond acceptors (Lipinski definition) is 5. The molecule has 0 saturated heterocycles. The Bertz CT molecular complexity index is 840. The minimum atomic E-state index is -0.990. The molecule has 0 aliphatic heterocycles. The summed E-state index contributed by atoms with van der Waals surface area (Å²) < 4.78 is 10.5. The fourth-order valence-corrected chi connectivity index (χ4v) is 4.23. The summed E-state index contributed by atoms with van der Waals surface area (Å²) in [5.74, 6) is 1.81. The van der Waals surface area contributed by atoms with Gasteiger partial charge in [0.15, 0.2) is 0 Å². The average molecular weight is 443 g/mol. The van der Waals surface area contributed by atoms with Crippen LogP contribution in [0.4, 0.5) is 16.4 Å². The molecule has 1 fully saturated rings. The average Bonchev–Trinajstić information content (AvgIpc) is 3.17. The number of carboxylic acid groups (broad SMARTS) is 1. The highest BCUT2D eigenvalue weighted by atomic mass is 35.5. The van der Waals surface area contributed by atoms with Crippen molar-refractivity contribution < 1.29 is 19.4 Å². The van der Waals surface area contributed by atoms with Gasteiger partial charge < -0.3 is 19.9 Å². The van der Waals surface area contributed by atoms with Crippen molar-refractivity contribution in [1.29, 1.82) is 0 Å². The van der Waals surface area contributed by atoms with Gasteiger partial charge in [-0.05, 0) is 12.8 Å². The second-order valence-electron chi connectivity index (χ2n) is 6.82. The molecule has 1 heterocycles. The van der Waals surface area contributed by atoms with E-state index in [1.807, 2.05) is 0 Å². The second-order valence-corrected chi connectivity index (χ2v) is 7.58. The summed E-state index contributed by atoms with van der Waals surface area (Å²) in [4.78, 5) is 13.2. The molecule has 158 valence electrons. The first-order valence-electron chi connectivity index (χ1n) is 9.36. The summed E-state index contributed by atoms with van der Waals surface area (Å²) in [7, 11) is 3.02. The summed E-state index contributed by atoms with van der Waals surface area (Å²) in [6, 6.07) is 3.25. The number of halogens is 2. The maximum absolute atomic E-state index is 11.8. The number of hydrogen-bond donors (Lipinski definition) is 3. The van der Waals surface area contributed by atoms with Crippen molar-refractivity contribution in [2.75, 3.05) is 24.4 Å². The molecule has 2 aromatic rings. The van der Waals surface area contributed by atoms with Gasteiger partial charge in [-0.15, -0.1) is 0 Å². The molecule has 1 aromatic carbocycles. The summed E-state index contributed by atoms with van der Waals surface area (Å²) >= 11 is 12.8. The van der Waals surface area contributed by atoms with Crippen LogP contribution in [0.3, 0.4) is 0 Å². The Morgan fingerprint density at radius 3 is 2.38 bits per heavy atom. The number of rotatable bonds is 7. The van der Waals surface area contributed by atoms with Crippen molar-refractivity contribution in [3.05, 3.63) is 27.7 Å². The Morgan fingerprint density at radius 2 is 1.83 bits per heavy atom. The topological polar surface area (TPSA) is 99.7 Å². The fraction of sp³-hybridized carbons (Fsp3) is 0.474.